The van der Waals surface area contributed by atoms with Gasteiger partial charge in [-0.05, 0) is 13.0 Å². The van der Waals surface area contributed by atoms with Crippen LogP contribution in [0.3, 0.4) is 0 Å². The maximum Gasteiger partial charge on any atom is 0.313 e. The van der Waals surface area contributed by atoms with Crippen LogP contribution in [0.1, 0.15) is 5.56 Å². The first-order valence-corrected chi connectivity index (χ1v) is 3.16. The van der Waals surface area contributed by atoms with Crippen molar-refractivity contribution in [2.75, 3.05) is 0 Å². The quantitative estimate of drug-likeness (QED) is 0.517. The van der Waals surface area contributed by atoms with Gasteiger partial charge >= 0.3 is 5.69 Å². The van der Waals surface area contributed by atoms with Gasteiger partial charge in [0.15, 0.2) is 5.75 Å². The van der Waals surface area contributed by atoms with Crippen LogP contribution in [0.4, 0.5) is 10.1 Å². The zero-order valence-electron chi connectivity index (χ0n) is 6.24. The van der Waals surface area contributed by atoms with Crippen molar-refractivity contribution in [3.8, 4) is 5.75 Å². The molecule has 5 heteroatoms. The molecule has 1 N–H and O–H groups in total. The zero-order valence-corrected chi connectivity index (χ0v) is 6.24. The van der Waals surface area contributed by atoms with Crippen molar-refractivity contribution >= 4 is 5.69 Å². The van der Waals surface area contributed by atoms with Crippen LogP contribution in [0.15, 0.2) is 12.1 Å². The van der Waals surface area contributed by atoms with Crippen LogP contribution in [0.2, 0.25) is 0 Å². The molecule has 64 valence electrons. The van der Waals surface area contributed by atoms with Gasteiger partial charge in [-0.15, -0.1) is 0 Å². The smallest absolute Gasteiger partial charge is 0.313 e. The topological polar surface area (TPSA) is 63.4 Å². The van der Waals surface area contributed by atoms with Crippen LogP contribution in [0.5, 0.6) is 5.75 Å². The second-order valence-corrected chi connectivity index (χ2v) is 2.35. The van der Waals surface area contributed by atoms with E-state index < -0.39 is 22.2 Å². The summed E-state index contributed by atoms with van der Waals surface area (Å²) in [6.45, 7) is 1.36. The van der Waals surface area contributed by atoms with Gasteiger partial charge in [-0.2, -0.15) is 0 Å². The average Bonchev–Trinajstić information content (AvgIpc) is 1.82. The lowest BCUT2D eigenvalue weighted by Gasteiger charge is -1.98. The molecule has 0 aliphatic heterocycles. The number of rotatable bonds is 1. The Morgan fingerprint density at radius 3 is 2.58 bits per heavy atom. The Morgan fingerprint density at radius 2 is 2.17 bits per heavy atom. The van der Waals surface area contributed by atoms with Gasteiger partial charge in [0, 0.05) is 11.6 Å². The van der Waals surface area contributed by atoms with Crippen molar-refractivity contribution in [3.05, 3.63) is 33.6 Å². The van der Waals surface area contributed by atoms with E-state index in [1.807, 2.05) is 0 Å². The Labute approximate surface area is 67.4 Å². The minimum absolute atomic E-state index is 0.109. The molecule has 4 nitrogen and oxygen atoms in total. The van der Waals surface area contributed by atoms with Gasteiger partial charge in [0.25, 0.3) is 0 Å². The second-order valence-electron chi connectivity index (χ2n) is 2.35. The molecule has 1 aromatic rings. The van der Waals surface area contributed by atoms with Gasteiger partial charge in [-0.3, -0.25) is 10.1 Å². The van der Waals surface area contributed by atoms with E-state index in [2.05, 4.69) is 0 Å². The van der Waals surface area contributed by atoms with E-state index in [1.54, 1.807) is 0 Å². The lowest BCUT2D eigenvalue weighted by molar-refractivity contribution is -0.386. The molecule has 1 aromatic carbocycles. The number of nitro groups is 1. The number of benzene rings is 1. The summed E-state index contributed by atoms with van der Waals surface area (Å²) in [6.07, 6.45) is 0. The number of halogens is 1. The molecular formula is C7H6FNO3. The summed E-state index contributed by atoms with van der Waals surface area (Å²) in [5.74, 6) is -1.33. The number of aromatic hydroxyl groups is 1. The molecule has 0 unspecified atom stereocenters. The fraction of sp³-hybridized carbons (Fsp3) is 0.143. The normalized spacial score (nSPS) is 9.83. The molecule has 0 amide bonds. The number of hydrogen-bond donors (Lipinski definition) is 1. The second kappa shape index (κ2) is 2.77. The highest BCUT2D eigenvalue weighted by Gasteiger charge is 2.17. The van der Waals surface area contributed by atoms with Crippen molar-refractivity contribution in [2.45, 2.75) is 6.92 Å². The van der Waals surface area contributed by atoms with E-state index >= 15 is 0 Å². The summed E-state index contributed by atoms with van der Waals surface area (Å²) < 4.78 is 12.5. The largest absolute Gasteiger partial charge is 0.502 e. The number of nitro benzene ring substituents is 1. The third-order valence-electron chi connectivity index (χ3n) is 1.43. The first-order chi connectivity index (χ1) is 5.52. The van der Waals surface area contributed by atoms with Crippen LogP contribution in [0.25, 0.3) is 0 Å². The molecule has 0 heterocycles. The number of nitrogens with zero attached hydrogens (tertiary/aromatic N) is 1. The molecule has 0 bridgehead atoms. The summed E-state index contributed by atoms with van der Waals surface area (Å²) in [4.78, 5) is 9.53. The van der Waals surface area contributed by atoms with E-state index in [4.69, 9.17) is 5.11 Å². The third-order valence-corrected chi connectivity index (χ3v) is 1.43. The molecular weight excluding hydrogens is 165 g/mol. The number of phenols is 1. The lowest BCUT2D eigenvalue weighted by Crippen LogP contribution is -1.92. The van der Waals surface area contributed by atoms with Gasteiger partial charge in [0.05, 0.1) is 4.92 Å². The van der Waals surface area contributed by atoms with Crippen LogP contribution in [-0.2, 0) is 0 Å². The molecule has 0 aliphatic rings. The number of hydrogen-bond acceptors (Lipinski definition) is 3. The van der Waals surface area contributed by atoms with Gasteiger partial charge in [-0.25, -0.2) is 4.39 Å². The minimum atomic E-state index is -0.746. The summed E-state index contributed by atoms with van der Waals surface area (Å²) in [5.41, 5.74) is -0.339. The van der Waals surface area contributed by atoms with Gasteiger partial charge < -0.3 is 5.11 Å². The molecule has 0 aromatic heterocycles. The van der Waals surface area contributed by atoms with Gasteiger partial charge in [0.1, 0.15) is 5.82 Å². The molecule has 0 atom stereocenters. The monoisotopic (exact) mass is 171 g/mol. The average molecular weight is 171 g/mol. The highest BCUT2D eigenvalue weighted by molar-refractivity contribution is 5.51. The molecule has 0 saturated heterocycles. The summed E-state index contributed by atoms with van der Waals surface area (Å²) in [6, 6.07) is 1.71. The molecule has 0 fully saturated rings. The minimum Gasteiger partial charge on any atom is -0.502 e. The van der Waals surface area contributed by atoms with Gasteiger partial charge in [0.2, 0.25) is 0 Å². The third kappa shape index (κ3) is 1.34. The molecule has 0 radical (unpaired) electrons. The Morgan fingerprint density at radius 1 is 1.58 bits per heavy atom. The maximum absolute atomic E-state index is 12.5. The Hall–Kier alpha value is -1.65. The Balaban J connectivity index is 3.38. The SMILES string of the molecule is Cc1cc(F)cc(O)c1[N+](=O)[O-]. The number of phenolic OH excluding ortho intramolecular Hbond substituents is 1. The van der Waals surface area contributed by atoms with Crippen molar-refractivity contribution in [1.82, 2.24) is 0 Å². The van der Waals surface area contributed by atoms with Gasteiger partial charge in [-0.1, -0.05) is 0 Å². The predicted molar refractivity (Wildman–Crippen MR) is 39.5 cm³/mol. The molecule has 0 spiro atoms. The summed E-state index contributed by atoms with van der Waals surface area (Å²) in [7, 11) is 0. The first-order valence-electron chi connectivity index (χ1n) is 3.16. The van der Waals surface area contributed by atoms with E-state index in [1.165, 1.54) is 6.92 Å². The Kier molecular flexibility index (Phi) is 1.95. The fourth-order valence-electron chi connectivity index (χ4n) is 0.955. The van der Waals surface area contributed by atoms with E-state index in [0.717, 1.165) is 6.07 Å². The van der Waals surface area contributed by atoms with E-state index in [9.17, 15) is 14.5 Å². The van der Waals surface area contributed by atoms with Crippen molar-refractivity contribution < 1.29 is 14.4 Å². The first kappa shape index (κ1) is 8.45. The highest BCUT2D eigenvalue weighted by Crippen LogP contribution is 2.29. The molecule has 1 rings (SSSR count). The van der Waals surface area contributed by atoms with Crippen LogP contribution < -0.4 is 0 Å². The zero-order chi connectivity index (χ0) is 9.30. The molecule has 12 heavy (non-hydrogen) atoms. The van der Waals surface area contributed by atoms with Crippen molar-refractivity contribution in [2.24, 2.45) is 0 Å². The van der Waals surface area contributed by atoms with Crippen LogP contribution in [0, 0.1) is 22.9 Å². The van der Waals surface area contributed by atoms with Crippen molar-refractivity contribution in [1.29, 1.82) is 0 Å². The van der Waals surface area contributed by atoms with E-state index in [0.29, 0.717) is 6.07 Å². The van der Waals surface area contributed by atoms with Crippen LogP contribution >= 0.6 is 0 Å². The van der Waals surface area contributed by atoms with E-state index in [-0.39, 0.29) is 5.56 Å². The summed E-state index contributed by atoms with van der Waals surface area (Å²) in [5, 5.41) is 19.2. The Bertz CT molecular complexity index is 314. The number of aryl methyl sites for hydroxylation is 1. The molecule has 0 saturated carbocycles. The lowest BCUT2D eigenvalue weighted by atomic mass is 10.2. The molecule has 0 aliphatic carbocycles. The standard InChI is InChI=1S/C7H6FNO3/c1-4-2-5(8)3-6(10)7(4)9(11)12/h2-3,10H,1H3. The van der Waals surface area contributed by atoms with Crippen molar-refractivity contribution in [3.63, 3.8) is 0 Å². The van der Waals surface area contributed by atoms with Crippen LogP contribution in [-0.4, -0.2) is 10.0 Å². The predicted octanol–water partition coefficient (Wildman–Crippen LogP) is 1.75. The summed E-state index contributed by atoms with van der Waals surface area (Å²) >= 11 is 0. The fourth-order valence-corrected chi connectivity index (χ4v) is 0.955. The maximum atomic E-state index is 12.5. The highest BCUT2D eigenvalue weighted by atomic mass is 19.1.